The highest BCUT2D eigenvalue weighted by molar-refractivity contribution is 7.92. The maximum Gasteiger partial charge on any atom is 0.267 e. The lowest BCUT2D eigenvalue weighted by Crippen LogP contribution is -2.37. The molecule has 120 valence electrons. The van der Waals surface area contributed by atoms with Crippen molar-refractivity contribution in [2.75, 3.05) is 4.31 Å². The van der Waals surface area contributed by atoms with Crippen LogP contribution in [0.2, 0.25) is 0 Å². The number of hydrogen-bond donors (Lipinski definition) is 0. The first-order valence-corrected chi connectivity index (χ1v) is 8.85. The zero-order chi connectivity index (χ0) is 16.5. The molecule has 5 nitrogen and oxygen atoms in total. The highest BCUT2D eigenvalue weighted by Gasteiger charge is 2.29. The standard InChI is InChI=1S/C16H23N3O2S/c1-6-18-11-15(10-17-18)22(20,21)19(12(2)3)16-9-13(4)7-8-14(16)5/h7-12H,6H2,1-5H3. The maximum absolute atomic E-state index is 13.0. The summed E-state index contributed by atoms with van der Waals surface area (Å²) in [7, 11) is -3.63. The first-order chi connectivity index (χ1) is 10.3. The SMILES string of the molecule is CCn1cc(S(=O)(=O)N(c2cc(C)ccc2C)C(C)C)cn1. The van der Waals surface area contributed by atoms with Crippen LogP contribution in [0.4, 0.5) is 5.69 Å². The van der Waals surface area contributed by atoms with Gasteiger partial charge in [0.25, 0.3) is 10.0 Å². The molecule has 1 aromatic carbocycles. The van der Waals surface area contributed by atoms with Gasteiger partial charge in [-0.05, 0) is 51.8 Å². The Morgan fingerprint density at radius 2 is 1.95 bits per heavy atom. The molecule has 0 aliphatic carbocycles. The zero-order valence-corrected chi connectivity index (χ0v) is 14.6. The Morgan fingerprint density at radius 1 is 1.27 bits per heavy atom. The fraction of sp³-hybridized carbons (Fsp3) is 0.438. The Bertz CT molecular complexity index is 763. The minimum Gasteiger partial charge on any atom is -0.272 e. The van der Waals surface area contributed by atoms with Gasteiger partial charge in [0.15, 0.2) is 0 Å². The molecule has 0 saturated heterocycles. The first kappa shape index (κ1) is 16.5. The Hall–Kier alpha value is -1.82. The van der Waals surface area contributed by atoms with Gasteiger partial charge in [-0.3, -0.25) is 8.99 Å². The molecule has 0 N–H and O–H groups in total. The van der Waals surface area contributed by atoms with E-state index in [1.807, 2.05) is 52.8 Å². The van der Waals surface area contributed by atoms with Gasteiger partial charge in [0.1, 0.15) is 4.90 Å². The lowest BCUT2D eigenvalue weighted by molar-refractivity contribution is 0.583. The number of aryl methyl sites for hydroxylation is 3. The summed E-state index contributed by atoms with van der Waals surface area (Å²) in [4.78, 5) is 0.226. The van der Waals surface area contributed by atoms with Gasteiger partial charge in [-0.2, -0.15) is 5.10 Å². The topological polar surface area (TPSA) is 55.2 Å². The molecule has 2 rings (SSSR count). The summed E-state index contributed by atoms with van der Waals surface area (Å²) in [6.45, 7) is 10.2. The number of nitrogens with zero attached hydrogens (tertiary/aromatic N) is 3. The summed E-state index contributed by atoms with van der Waals surface area (Å²) in [6.07, 6.45) is 3.00. The average Bonchev–Trinajstić information content (AvgIpc) is 2.92. The number of sulfonamides is 1. The van der Waals surface area contributed by atoms with Crippen molar-refractivity contribution < 1.29 is 8.42 Å². The third kappa shape index (κ3) is 3.02. The van der Waals surface area contributed by atoms with E-state index in [1.54, 1.807) is 10.9 Å². The van der Waals surface area contributed by atoms with Gasteiger partial charge < -0.3 is 0 Å². The molecule has 0 aliphatic heterocycles. The van der Waals surface area contributed by atoms with E-state index in [1.165, 1.54) is 10.5 Å². The van der Waals surface area contributed by atoms with Gasteiger partial charge in [0.2, 0.25) is 0 Å². The van der Waals surface area contributed by atoms with Gasteiger partial charge in [-0.1, -0.05) is 12.1 Å². The fourth-order valence-corrected chi connectivity index (χ4v) is 4.08. The van der Waals surface area contributed by atoms with E-state index < -0.39 is 10.0 Å². The molecule has 0 unspecified atom stereocenters. The highest BCUT2D eigenvalue weighted by Crippen LogP contribution is 2.29. The van der Waals surface area contributed by atoms with Crippen molar-refractivity contribution in [3.63, 3.8) is 0 Å². The second-order valence-electron chi connectivity index (χ2n) is 5.72. The van der Waals surface area contributed by atoms with Crippen LogP contribution in [0.5, 0.6) is 0 Å². The Kier molecular flexibility index (Phi) is 4.60. The molecule has 0 spiro atoms. The number of aromatic nitrogens is 2. The molecule has 1 aromatic heterocycles. The summed E-state index contributed by atoms with van der Waals surface area (Å²) in [6, 6.07) is 5.66. The minimum absolute atomic E-state index is 0.185. The van der Waals surface area contributed by atoms with Gasteiger partial charge in [-0.15, -0.1) is 0 Å². The van der Waals surface area contributed by atoms with Crippen molar-refractivity contribution >= 4 is 15.7 Å². The lowest BCUT2D eigenvalue weighted by atomic mass is 10.1. The molecule has 0 aliphatic rings. The Balaban J connectivity index is 2.58. The molecule has 1 heterocycles. The van der Waals surface area contributed by atoms with Crippen LogP contribution in [0, 0.1) is 13.8 Å². The molecule has 0 fully saturated rings. The molecule has 22 heavy (non-hydrogen) atoms. The van der Waals surface area contributed by atoms with E-state index in [2.05, 4.69) is 5.10 Å². The van der Waals surface area contributed by atoms with Gasteiger partial charge in [0.05, 0.1) is 11.9 Å². The first-order valence-electron chi connectivity index (χ1n) is 7.41. The predicted molar refractivity (Wildman–Crippen MR) is 88.6 cm³/mol. The molecule has 0 bridgehead atoms. The van der Waals surface area contributed by atoms with Crippen LogP contribution in [-0.2, 0) is 16.6 Å². The summed E-state index contributed by atoms with van der Waals surface area (Å²) < 4.78 is 29.2. The number of hydrogen-bond acceptors (Lipinski definition) is 3. The van der Waals surface area contributed by atoms with E-state index in [0.29, 0.717) is 6.54 Å². The van der Waals surface area contributed by atoms with E-state index in [0.717, 1.165) is 16.8 Å². The zero-order valence-electron chi connectivity index (χ0n) is 13.7. The van der Waals surface area contributed by atoms with E-state index in [-0.39, 0.29) is 10.9 Å². The maximum atomic E-state index is 13.0. The highest BCUT2D eigenvalue weighted by atomic mass is 32.2. The number of anilines is 1. The van der Waals surface area contributed by atoms with Crippen LogP contribution in [0.15, 0.2) is 35.5 Å². The Labute approximate surface area is 132 Å². The van der Waals surface area contributed by atoms with Crippen LogP contribution >= 0.6 is 0 Å². The molecular weight excluding hydrogens is 298 g/mol. The van der Waals surface area contributed by atoms with Crippen LogP contribution in [0.3, 0.4) is 0 Å². The molecule has 0 saturated carbocycles. The van der Waals surface area contributed by atoms with Crippen molar-refractivity contribution in [3.05, 3.63) is 41.7 Å². The summed E-state index contributed by atoms with van der Waals surface area (Å²) in [5.41, 5.74) is 2.69. The van der Waals surface area contributed by atoms with Crippen LogP contribution in [0.25, 0.3) is 0 Å². The van der Waals surface area contributed by atoms with Crippen molar-refractivity contribution in [1.29, 1.82) is 0 Å². The molecule has 6 heteroatoms. The quantitative estimate of drug-likeness (QED) is 0.850. The number of rotatable bonds is 5. The lowest BCUT2D eigenvalue weighted by Gasteiger charge is -2.29. The normalized spacial score (nSPS) is 11.9. The van der Waals surface area contributed by atoms with Gasteiger partial charge >= 0.3 is 0 Å². The number of benzene rings is 1. The van der Waals surface area contributed by atoms with Crippen LogP contribution in [-0.4, -0.2) is 24.2 Å². The second kappa shape index (κ2) is 6.12. The van der Waals surface area contributed by atoms with Gasteiger partial charge in [-0.25, -0.2) is 8.42 Å². The van der Waals surface area contributed by atoms with Gasteiger partial charge in [0, 0.05) is 18.8 Å². The van der Waals surface area contributed by atoms with E-state index in [4.69, 9.17) is 0 Å². The molecule has 0 atom stereocenters. The Morgan fingerprint density at radius 3 is 2.50 bits per heavy atom. The average molecular weight is 321 g/mol. The summed E-state index contributed by atoms with van der Waals surface area (Å²) >= 11 is 0. The molecular formula is C16H23N3O2S. The van der Waals surface area contributed by atoms with Crippen LogP contribution in [0.1, 0.15) is 31.9 Å². The van der Waals surface area contributed by atoms with Crippen molar-refractivity contribution in [1.82, 2.24) is 9.78 Å². The van der Waals surface area contributed by atoms with Crippen molar-refractivity contribution in [2.45, 2.75) is 52.1 Å². The van der Waals surface area contributed by atoms with Crippen LogP contribution < -0.4 is 4.31 Å². The third-order valence-corrected chi connectivity index (χ3v) is 5.50. The van der Waals surface area contributed by atoms with E-state index in [9.17, 15) is 8.42 Å². The third-order valence-electron chi connectivity index (χ3n) is 3.56. The summed E-state index contributed by atoms with van der Waals surface area (Å²) in [5, 5.41) is 4.09. The minimum atomic E-state index is -3.63. The molecule has 2 aromatic rings. The van der Waals surface area contributed by atoms with Crippen molar-refractivity contribution in [2.24, 2.45) is 0 Å². The fourth-order valence-electron chi connectivity index (χ4n) is 2.41. The second-order valence-corrected chi connectivity index (χ2v) is 7.53. The largest absolute Gasteiger partial charge is 0.272 e. The monoisotopic (exact) mass is 321 g/mol. The summed E-state index contributed by atoms with van der Waals surface area (Å²) in [5.74, 6) is 0. The predicted octanol–water partition coefficient (Wildman–Crippen LogP) is 3.12. The molecule has 0 radical (unpaired) electrons. The van der Waals surface area contributed by atoms with E-state index >= 15 is 0 Å². The molecule has 0 amide bonds. The smallest absolute Gasteiger partial charge is 0.267 e. The van der Waals surface area contributed by atoms with Crippen molar-refractivity contribution in [3.8, 4) is 0 Å².